The fourth-order valence-corrected chi connectivity index (χ4v) is 2.29. The molecule has 0 saturated carbocycles. The molecule has 0 aliphatic carbocycles. The lowest BCUT2D eigenvalue weighted by molar-refractivity contribution is -0.150. The fraction of sp³-hybridized carbons (Fsp3) is 0.500. The first-order valence-electron chi connectivity index (χ1n) is 6.35. The number of carbonyl (C=O) groups is 1. The van der Waals surface area contributed by atoms with Crippen molar-refractivity contribution < 1.29 is 22.2 Å². The van der Waals surface area contributed by atoms with Crippen LogP contribution < -0.4 is 4.72 Å². The summed E-state index contributed by atoms with van der Waals surface area (Å²) in [5.74, 6) is -0.642. The third kappa shape index (κ3) is 5.59. The van der Waals surface area contributed by atoms with Gasteiger partial charge in [-0.05, 0) is 20.8 Å². The highest BCUT2D eigenvalue weighted by atomic mass is 32.2. The van der Waals surface area contributed by atoms with Crippen molar-refractivity contribution in [2.24, 2.45) is 0 Å². The van der Waals surface area contributed by atoms with Crippen molar-refractivity contribution in [3.8, 4) is 0 Å². The average molecular weight is 321 g/mol. The van der Waals surface area contributed by atoms with Crippen LogP contribution in [0.2, 0.25) is 0 Å². The monoisotopic (exact) mass is 321 g/mol. The summed E-state index contributed by atoms with van der Waals surface area (Å²) < 4.78 is 52.0. The summed E-state index contributed by atoms with van der Waals surface area (Å²) in [5, 5.41) is 0. The number of Topliss-reactive ketones (excluding diaryl/α,β-unsaturated/α-hetero) is 1. The molecule has 7 heteroatoms. The lowest BCUT2D eigenvalue weighted by Crippen LogP contribution is -2.48. The van der Waals surface area contributed by atoms with Crippen molar-refractivity contribution in [2.75, 3.05) is 0 Å². The average Bonchev–Trinajstić information content (AvgIpc) is 2.36. The third-order valence-electron chi connectivity index (χ3n) is 2.69. The van der Waals surface area contributed by atoms with Crippen LogP contribution in [0, 0.1) is 0 Å². The molecule has 1 aromatic rings. The Hall–Kier alpha value is -1.21. The molecule has 3 nitrogen and oxygen atoms in total. The first-order chi connectivity index (χ1) is 9.51. The topological polar surface area (TPSA) is 46.2 Å². The minimum Gasteiger partial charge on any atom is -0.294 e. The van der Waals surface area contributed by atoms with E-state index in [4.69, 9.17) is 0 Å². The molecule has 1 N–H and O–H groups in total. The molecule has 0 aliphatic heterocycles. The summed E-state index contributed by atoms with van der Waals surface area (Å²) in [6.07, 6.45) is -5.43. The Morgan fingerprint density at radius 1 is 1.19 bits per heavy atom. The Morgan fingerprint density at radius 2 is 1.71 bits per heavy atom. The summed E-state index contributed by atoms with van der Waals surface area (Å²) in [6, 6.07) is 5.61. The molecule has 118 valence electrons. The Balaban J connectivity index is 2.86. The zero-order valence-electron chi connectivity index (χ0n) is 12.0. The molecule has 21 heavy (non-hydrogen) atoms. The lowest BCUT2D eigenvalue weighted by Gasteiger charge is -2.25. The highest BCUT2D eigenvalue weighted by Gasteiger charge is 2.43. The molecule has 2 unspecified atom stereocenters. The van der Waals surface area contributed by atoms with E-state index in [1.54, 1.807) is 39.0 Å². The number of nitrogens with one attached hydrogen (secondary N) is 1. The lowest BCUT2D eigenvalue weighted by atomic mass is 10.0. The number of carbonyl (C=O) groups excluding carboxylic acids is 1. The van der Waals surface area contributed by atoms with Gasteiger partial charge >= 0.3 is 6.18 Å². The van der Waals surface area contributed by atoms with Gasteiger partial charge in [-0.1, -0.05) is 30.3 Å². The standard InChI is InChI=1S/C14H18F3NO2S/c1-13(2,3)21(20)18-12(14(15,16)17)9-11(19)10-7-5-4-6-8-10/h4-8,12,18H,9H2,1-3H3. The fourth-order valence-electron chi connectivity index (χ4n) is 1.46. The zero-order chi connectivity index (χ0) is 16.3. The quantitative estimate of drug-likeness (QED) is 0.846. The molecule has 0 spiro atoms. The van der Waals surface area contributed by atoms with Crippen LogP contribution in [0.25, 0.3) is 0 Å². The Morgan fingerprint density at radius 3 is 2.14 bits per heavy atom. The molecular formula is C14H18F3NO2S. The van der Waals surface area contributed by atoms with Crippen molar-refractivity contribution in [1.29, 1.82) is 0 Å². The van der Waals surface area contributed by atoms with Gasteiger partial charge in [0.2, 0.25) is 0 Å². The summed E-state index contributed by atoms with van der Waals surface area (Å²) in [5.41, 5.74) is 0.204. The van der Waals surface area contributed by atoms with E-state index in [2.05, 4.69) is 0 Å². The molecule has 1 aromatic carbocycles. The van der Waals surface area contributed by atoms with E-state index in [1.807, 2.05) is 4.72 Å². The zero-order valence-corrected chi connectivity index (χ0v) is 12.8. The normalized spacial score (nSPS) is 15.5. The predicted molar refractivity (Wildman–Crippen MR) is 76.3 cm³/mol. The molecule has 2 atom stereocenters. The largest absolute Gasteiger partial charge is 0.405 e. The van der Waals surface area contributed by atoms with Gasteiger partial charge in [0.1, 0.15) is 6.04 Å². The second kappa shape index (κ2) is 6.70. The van der Waals surface area contributed by atoms with Crippen molar-refractivity contribution >= 4 is 16.8 Å². The van der Waals surface area contributed by atoms with Gasteiger partial charge in [-0.2, -0.15) is 13.2 Å². The minimum atomic E-state index is -4.65. The first-order valence-corrected chi connectivity index (χ1v) is 7.50. The number of benzene rings is 1. The van der Waals surface area contributed by atoms with E-state index >= 15 is 0 Å². The molecule has 1 rings (SSSR count). The van der Waals surface area contributed by atoms with E-state index in [0.717, 1.165) is 0 Å². The van der Waals surface area contributed by atoms with Gasteiger partial charge in [0.05, 0.1) is 15.7 Å². The van der Waals surface area contributed by atoms with E-state index < -0.39 is 40.2 Å². The summed E-state index contributed by atoms with van der Waals surface area (Å²) in [7, 11) is -1.91. The van der Waals surface area contributed by atoms with Crippen LogP contribution >= 0.6 is 0 Å². The number of hydrogen-bond acceptors (Lipinski definition) is 2. The van der Waals surface area contributed by atoms with E-state index in [1.165, 1.54) is 12.1 Å². The predicted octanol–water partition coefficient (Wildman–Crippen LogP) is 3.24. The van der Waals surface area contributed by atoms with Gasteiger partial charge in [0, 0.05) is 12.0 Å². The molecule has 0 heterocycles. The minimum absolute atomic E-state index is 0.204. The maximum absolute atomic E-state index is 13.0. The second-order valence-corrected chi connectivity index (χ2v) is 7.58. The molecule has 0 bridgehead atoms. The van der Waals surface area contributed by atoms with E-state index in [-0.39, 0.29) is 5.56 Å². The van der Waals surface area contributed by atoms with Crippen LogP contribution in [0.5, 0.6) is 0 Å². The maximum Gasteiger partial charge on any atom is 0.405 e. The molecule has 0 aromatic heterocycles. The third-order valence-corrected chi connectivity index (χ3v) is 4.30. The SMILES string of the molecule is CC(C)(C)S(=O)NC(CC(=O)c1ccccc1)C(F)(F)F. The Labute approximate surface area is 124 Å². The molecule has 0 amide bonds. The van der Waals surface area contributed by atoms with Crippen LogP contribution in [-0.4, -0.2) is 27.0 Å². The van der Waals surface area contributed by atoms with Crippen LogP contribution in [0.3, 0.4) is 0 Å². The highest BCUT2D eigenvalue weighted by Crippen LogP contribution is 2.25. The second-order valence-electron chi connectivity index (χ2n) is 5.59. The number of alkyl halides is 3. The van der Waals surface area contributed by atoms with Crippen LogP contribution in [0.15, 0.2) is 30.3 Å². The smallest absolute Gasteiger partial charge is 0.294 e. The van der Waals surface area contributed by atoms with Crippen LogP contribution in [0.4, 0.5) is 13.2 Å². The van der Waals surface area contributed by atoms with Crippen molar-refractivity contribution in [3.05, 3.63) is 35.9 Å². The van der Waals surface area contributed by atoms with Gasteiger partial charge in [-0.25, -0.2) is 8.93 Å². The maximum atomic E-state index is 13.0. The van der Waals surface area contributed by atoms with Gasteiger partial charge in [-0.3, -0.25) is 4.79 Å². The van der Waals surface area contributed by atoms with Crippen molar-refractivity contribution in [1.82, 2.24) is 4.72 Å². The molecule has 0 saturated heterocycles. The summed E-state index contributed by atoms with van der Waals surface area (Å²) in [4.78, 5) is 11.9. The number of hydrogen-bond donors (Lipinski definition) is 1. The number of rotatable bonds is 5. The van der Waals surface area contributed by atoms with Gasteiger partial charge < -0.3 is 0 Å². The molecule has 0 radical (unpaired) electrons. The van der Waals surface area contributed by atoms with Crippen molar-refractivity contribution in [2.45, 2.75) is 44.2 Å². The Bertz CT molecular complexity index is 509. The van der Waals surface area contributed by atoms with E-state index in [0.29, 0.717) is 0 Å². The summed E-state index contributed by atoms with van der Waals surface area (Å²) in [6.45, 7) is 4.67. The molecule has 0 aliphatic rings. The van der Waals surface area contributed by atoms with Gasteiger partial charge in [-0.15, -0.1) is 0 Å². The van der Waals surface area contributed by atoms with Gasteiger partial charge in [0.15, 0.2) is 5.78 Å². The Kier molecular flexibility index (Phi) is 5.69. The van der Waals surface area contributed by atoms with Crippen molar-refractivity contribution in [3.63, 3.8) is 0 Å². The number of halogens is 3. The molecular weight excluding hydrogens is 303 g/mol. The highest BCUT2D eigenvalue weighted by molar-refractivity contribution is 7.84. The summed E-state index contributed by atoms with van der Waals surface area (Å²) >= 11 is 0. The van der Waals surface area contributed by atoms with E-state index in [9.17, 15) is 22.2 Å². The number of ketones is 1. The van der Waals surface area contributed by atoms with Gasteiger partial charge in [0.25, 0.3) is 0 Å². The van der Waals surface area contributed by atoms with Crippen LogP contribution in [-0.2, 0) is 11.0 Å². The van der Waals surface area contributed by atoms with Crippen LogP contribution in [0.1, 0.15) is 37.6 Å². The first kappa shape index (κ1) is 17.8. The molecule has 0 fully saturated rings.